The molecule has 3 N–H and O–H groups in total. The first-order valence-corrected chi connectivity index (χ1v) is 7.07. The summed E-state index contributed by atoms with van der Waals surface area (Å²) in [6, 6.07) is 8.35. The average molecular weight is 360 g/mol. The maximum atomic E-state index is 12.0. The third-order valence-corrected chi connectivity index (χ3v) is 3.18. The van der Waals surface area contributed by atoms with Crippen molar-refractivity contribution in [2.24, 2.45) is 0 Å². The van der Waals surface area contributed by atoms with Crippen LogP contribution in [0.25, 0.3) is 0 Å². The van der Waals surface area contributed by atoms with Crippen molar-refractivity contribution in [1.29, 1.82) is 0 Å². The monoisotopic (exact) mass is 360 g/mol. The molecule has 2 aromatic rings. The van der Waals surface area contributed by atoms with Crippen LogP contribution >= 0.6 is 0 Å². The Hall–Kier alpha value is -4.02. The van der Waals surface area contributed by atoms with E-state index in [0.717, 1.165) is 18.2 Å². The Morgan fingerprint density at radius 3 is 2.12 bits per heavy atom. The van der Waals surface area contributed by atoms with E-state index >= 15 is 0 Å². The molecule has 2 amide bonds. The number of hydrazine groups is 1. The molecule has 2 rings (SSSR count). The summed E-state index contributed by atoms with van der Waals surface area (Å²) in [5, 5.41) is 30.9. The van der Waals surface area contributed by atoms with Crippen LogP contribution in [0, 0.1) is 20.2 Å². The third kappa shape index (κ3) is 4.74. The van der Waals surface area contributed by atoms with Crippen LogP contribution in [0.3, 0.4) is 0 Å². The number of phenols is 1. The molecule has 0 aliphatic rings. The van der Waals surface area contributed by atoms with E-state index < -0.39 is 33.0 Å². The van der Waals surface area contributed by atoms with Gasteiger partial charge in [0.15, 0.2) is 0 Å². The SMILES string of the molecule is O=C(Cc1cccc(O)c1)NNC(=O)c1cc([N+](=O)[O-])cc([N+](=O)[O-])c1. The predicted octanol–water partition coefficient (Wildman–Crippen LogP) is 1.21. The molecule has 0 aliphatic heterocycles. The van der Waals surface area contributed by atoms with Gasteiger partial charge in [0.25, 0.3) is 17.3 Å². The second-order valence-corrected chi connectivity index (χ2v) is 5.10. The number of carbonyl (C=O) groups excluding carboxylic acids is 2. The number of nitrogens with zero attached hydrogens (tertiary/aromatic N) is 2. The van der Waals surface area contributed by atoms with Crippen molar-refractivity contribution in [3.63, 3.8) is 0 Å². The quantitative estimate of drug-likeness (QED) is 0.532. The second-order valence-electron chi connectivity index (χ2n) is 5.10. The van der Waals surface area contributed by atoms with E-state index in [2.05, 4.69) is 5.43 Å². The molecular weight excluding hydrogens is 348 g/mol. The first-order chi connectivity index (χ1) is 12.3. The largest absolute Gasteiger partial charge is 0.508 e. The van der Waals surface area contributed by atoms with Gasteiger partial charge in [0.2, 0.25) is 5.91 Å². The van der Waals surface area contributed by atoms with Crippen molar-refractivity contribution in [2.75, 3.05) is 0 Å². The van der Waals surface area contributed by atoms with Crippen LogP contribution in [0.4, 0.5) is 11.4 Å². The number of hydrogen-bond donors (Lipinski definition) is 3. The molecule has 2 aromatic carbocycles. The highest BCUT2D eigenvalue weighted by Gasteiger charge is 2.20. The Balaban J connectivity index is 2.06. The summed E-state index contributed by atoms with van der Waals surface area (Å²) in [4.78, 5) is 43.7. The summed E-state index contributed by atoms with van der Waals surface area (Å²) in [5.41, 5.74) is 2.98. The average Bonchev–Trinajstić information content (AvgIpc) is 2.59. The van der Waals surface area contributed by atoms with Gasteiger partial charge in [-0.2, -0.15) is 0 Å². The Morgan fingerprint density at radius 2 is 1.58 bits per heavy atom. The van der Waals surface area contributed by atoms with Crippen molar-refractivity contribution in [3.05, 3.63) is 73.8 Å². The first-order valence-electron chi connectivity index (χ1n) is 7.07. The number of aromatic hydroxyl groups is 1. The molecular formula is C15H12N4O7. The molecule has 0 radical (unpaired) electrons. The number of nitro benzene ring substituents is 2. The predicted molar refractivity (Wildman–Crippen MR) is 87.2 cm³/mol. The number of nitrogens with one attached hydrogen (secondary N) is 2. The van der Waals surface area contributed by atoms with E-state index in [1.54, 1.807) is 12.1 Å². The van der Waals surface area contributed by atoms with Crippen LogP contribution in [-0.4, -0.2) is 26.8 Å². The molecule has 11 nitrogen and oxygen atoms in total. The van der Waals surface area contributed by atoms with E-state index in [1.807, 2.05) is 5.43 Å². The lowest BCUT2D eigenvalue weighted by atomic mass is 10.1. The molecule has 134 valence electrons. The van der Waals surface area contributed by atoms with Crippen molar-refractivity contribution >= 4 is 23.2 Å². The summed E-state index contributed by atoms with van der Waals surface area (Å²) in [6.45, 7) is 0. The van der Waals surface area contributed by atoms with E-state index in [0.29, 0.717) is 5.56 Å². The zero-order valence-corrected chi connectivity index (χ0v) is 13.0. The van der Waals surface area contributed by atoms with Gasteiger partial charge in [-0.3, -0.25) is 40.7 Å². The highest BCUT2D eigenvalue weighted by molar-refractivity contribution is 5.96. The Bertz CT molecular complexity index is 865. The normalized spacial score (nSPS) is 10.0. The van der Waals surface area contributed by atoms with Gasteiger partial charge in [-0.1, -0.05) is 12.1 Å². The van der Waals surface area contributed by atoms with Gasteiger partial charge < -0.3 is 5.11 Å². The Morgan fingerprint density at radius 1 is 0.962 bits per heavy atom. The minimum atomic E-state index is -0.957. The van der Waals surface area contributed by atoms with E-state index in [4.69, 9.17) is 0 Å². The smallest absolute Gasteiger partial charge is 0.277 e. The number of hydrogen-bond acceptors (Lipinski definition) is 7. The summed E-state index contributed by atoms with van der Waals surface area (Å²) >= 11 is 0. The van der Waals surface area contributed by atoms with Gasteiger partial charge in [-0.15, -0.1) is 0 Å². The number of non-ortho nitro benzene ring substituents is 2. The van der Waals surface area contributed by atoms with Crippen LogP contribution < -0.4 is 10.9 Å². The van der Waals surface area contributed by atoms with Gasteiger partial charge in [0.05, 0.1) is 27.9 Å². The highest BCUT2D eigenvalue weighted by atomic mass is 16.6. The lowest BCUT2D eigenvalue weighted by Crippen LogP contribution is -2.42. The summed E-state index contributed by atoms with van der Waals surface area (Å²) in [6.07, 6.45) is -0.149. The molecule has 0 saturated carbocycles. The first kappa shape index (κ1) is 18.3. The molecule has 11 heteroatoms. The van der Waals surface area contributed by atoms with Gasteiger partial charge in [0.1, 0.15) is 5.75 Å². The highest BCUT2D eigenvalue weighted by Crippen LogP contribution is 2.22. The molecule has 0 fully saturated rings. The molecule has 0 unspecified atom stereocenters. The van der Waals surface area contributed by atoms with Gasteiger partial charge in [0, 0.05) is 12.1 Å². The third-order valence-electron chi connectivity index (χ3n) is 3.18. The molecule has 0 bridgehead atoms. The van der Waals surface area contributed by atoms with Crippen LogP contribution in [0.2, 0.25) is 0 Å². The summed E-state index contributed by atoms with van der Waals surface area (Å²) in [7, 11) is 0. The molecule has 0 spiro atoms. The zero-order valence-electron chi connectivity index (χ0n) is 13.0. The van der Waals surface area contributed by atoms with E-state index in [-0.39, 0.29) is 17.7 Å². The van der Waals surface area contributed by atoms with E-state index in [9.17, 15) is 34.9 Å². The molecule has 0 aromatic heterocycles. The fraction of sp³-hybridized carbons (Fsp3) is 0.0667. The van der Waals surface area contributed by atoms with Gasteiger partial charge in [-0.25, -0.2) is 0 Å². The number of rotatable bonds is 5. The van der Waals surface area contributed by atoms with E-state index in [1.165, 1.54) is 12.1 Å². The van der Waals surface area contributed by atoms with Crippen LogP contribution in [0.5, 0.6) is 5.75 Å². The summed E-state index contributed by atoms with van der Waals surface area (Å²) < 4.78 is 0. The van der Waals surface area contributed by atoms with Crippen LogP contribution in [-0.2, 0) is 11.2 Å². The van der Waals surface area contributed by atoms with Gasteiger partial charge in [-0.05, 0) is 17.7 Å². The minimum absolute atomic E-state index is 0.0248. The van der Waals surface area contributed by atoms with Gasteiger partial charge >= 0.3 is 0 Å². The number of benzene rings is 2. The lowest BCUT2D eigenvalue weighted by Gasteiger charge is -2.08. The maximum Gasteiger partial charge on any atom is 0.277 e. The number of amides is 2. The topological polar surface area (TPSA) is 165 Å². The molecule has 0 aliphatic carbocycles. The molecule has 0 saturated heterocycles. The fourth-order valence-corrected chi connectivity index (χ4v) is 2.03. The standard InChI is InChI=1S/C15H12N4O7/c20-13-3-1-2-9(4-13)5-14(21)16-17-15(22)10-6-11(18(23)24)8-12(7-10)19(25)26/h1-4,6-8,20H,5H2,(H,16,21)(H,17,22). The molecule has 0 heterocycles. The molecule has 0 atom stereocenters. The van der Waals surface area contributed by atoms with Crippen LogP contribution in [0.15, 0.2) is 42.5 Å². The maximum absolute atomic E-state index is 12.0. The lowest BCUT2D eigenvalue weighted by molar-refractivity contribution is -0.394. The number of nitro groups is 2. The number of phenolic OH excluding ortho intramolecular Hbond substituents is 1. The van der Waals surface area contributed by atoms with Crippen molar-refractivity contribution in [1.82, 2.24) is 10.9 Å². The van der Waals surface area contributed by atoms with Crippen LogP contribution in [0.1, 0.15) is 15.9 Å². The van der Waals surface area contributed by atoms with Crippen molar-refractivity contribution in [3.8, 4) is 5.75 Å². The zero-order chi connectivity index (χ0) is 19.3. The Kier molecular flexibility index (Phi) is 5.43. The Labute approximate surface area is 145 Å². The second kappa shape index (κ2) is 7.70. The summed E-state index contributed by atoms with van der Waals surface area (Å²) in [5.74, 6) is -1.60. The number of carbonyl (C=O) groups is 2. The minimum Gasteiger partial charge on any atom is -0.508 e. The fourth-order valence-electron chi connectivity index (χ4n) is 2.03. The molecule has 26 heavy (non-hydrogen) atoms. The van der Waals surface area contributed by atoms with Crippen molar-refractivity contribution in [2.45, 2.75) is 6.42 Å². The van der Waals surface area contributed by atoms with Crippen molar-refractivity contribution < 1.29 is 24.5 Å².